The molecule has 1 aromatic carbocycles. The Bertz CT molecular complexity index is 384. The minimum Gasteiger partial charge on any atom is -0.504 e. The number of methoxy groups -OCH3 is 1. The summed E-state index contributed by atoms with van der Waals surface area (Å²) in [6, 6.07) is 2.99. The second-order valence-corrected chi connectivity index (χ2v) is 3.02. The Balaban J connectivity index is 2.61. The fourth-order valence-corrected chi connectivity index (χ4v) is 1.49. The number of carbonyl (C=O) groups is 1. The Morgan fingerprint density at radius 3 is 3.00 bits per heavy atom. The molecule has 0 radical (unpaired) electrons. The van der Waals surface area contributed by atoms with Gasteiger partial charge in [0.2, 0.25) is 5.75 Å². The van der Waals surface area contributed by atoms with Crippen LogP contribution in [0.5, 0.6) is 17.2 Å². The van der Waals surface area contributed by atoms with E-state index in [1.807, 2.05) is 0 Å². The normalized spacial score (nSPS) is 14.5. The predicted octanol–water partition coefficient (Wildman–Crippen LogP) is 1.37. The molecule has 0 bridgehead atoms. The van der Waals surface area contributed by atoms with Gasteiger partial charge in [0, 0.05) is 6.42 Å². The molecular weight excluding hydrogens is 184 g/mol. The maximum Gasteiger partial charge on any atom is 0.203 e. The number of Topliss-reactive ketones (excluding diaryl/α,β-unsaturated/α-hetero) is 1. The van der Waals surface area contributed by atoms with Crippen LogP contribution in [0.15, 0.2) is 12.1 Å². The Morgan fingerprint density at radius 1 is 1.50 bits per heavy atom. The van der Waals surface area contributed by atoms with Crippen LogP contribution in [0.2, 0.25) is 0 Å². The van der Waals surface area contributed by atoms with Gasteiger partial charge in [-0.1, -0.05) is 0 Å². The molecule has 0 aliphatic carbocycles. The zero-order chi connectivity index (χ0) is 10.1. The van der Waals surface area contributed by atoms with E-state index in [-0.39, 0.29) is 17.3 Å². The lowest BCUT2D eigenvalue weighted by Crippen LogP contribution is -2.15. The maximum absolute atomic E-state index is 11.4. The fraction of sp³-hybridized carbons (Fsp3) is 0.300. The molecule has 0 unspecified atom stereocenters. The van der Waals surface area contributed by atoms with Crippen LogP contribution in [0.4, 0.5) is 0 Å². The van der Waals surface area contributed by atoms with Crippen LogP contribution in [0.3, 0.4) is 0 Å². The van der Waals surface area contributed by atoms with Gasteiger partial charge in [0.15, 0.2) is 17.3 Å². The van der Waals surface area contributed by atoms with Crippen molar-refractivity contribution in [3.8, 4) is 17.2 Å². The molecule has 0 amide bonds. The number of phenols is 1. The molecule has 0 spiro atoms. The lowest BCUT2D eigenvalue weighted by molar-refractivity contribution is 0.0930. The molecule has 0 saturated carbocycles. The fourth-order valence-electron chi connectivity index (χ4n) is 1.49. The number of phenolic OH excluding ortho intramolecular Hbond substituents is 1. The molecule has 1 aromatic rings. The third-order valence-corrected chi connectivity index (χ3v) is 2.17. The van der Waals surface area contributed by atoms with Crippen molar-refractivity contribution in [2.24, 2.45) is 0 Å². The largest absolute Gasteiger partial charge is 0.504 e. The van der Waals surface area contributed by atoms with Gasteiger partial charge in [-0.15, -0.1) is 0 Å². The van der Waals surface area contributed by atoms with Gasteiger partial charge in [0.1, 0.15) is 0 Å². The van der Waals surface area contributed by atoms with Crippen molar-refractivity contribution in [1.29, 1.82) is 0 Å². The topological polar surface area (TPSA) is 55.8 Å². The molecule has 1 heterocycles. The quantitative estimate of drug-likeness (QED) is 0.733. The van der Waals surface area contributed by atoms with E-state index in [9.17, 15) is 9.90 Å². The van der Waals surface area contributed by atoms with Crippen molar-refractivity contribution in [3.05, 3.63) is 17.7 Å². The second-order valence-electron chi connectivity index (χ2n) is 3.02. The summed E-state index contributed by atoms with van der Waals surface area (Å²) < 4.78 is 10.3. The van der Waals surface area contributed by atoms with Gasteiger partial charge in [-0.2, -0.15) is 0 Å². The van der Waals surface area contributed by atoms with E-state index in [1.54, 1.807) is 6.07 Å². The zero-order valence-corrected chi connectivity index (χ0v) is 7.74. The first kappa shape index (κ1) is 8.87. The highest BCUT2D eigenvalue weighted by atomic mass is 16.5. The van der Waals surface area contributed by atoms with E-state index in [4.69, 9.17) is 9.47 Å². The van der Waals surface area contributed by atoms with Gasteiger partial charge in [-0.25, -0.2) is 0 Å². The monoisotopic (exact) mass is 194 g/mol. The standard InChI is InChI=1S/C10H10O4/c1-13-10-8(12)3-2-6-7(11)4-5-14-9(6)10/h2-3,12H,4-5H2,1H3. The summed E-state index contributed by atoms with van der Waals surface area (Å²) in [6.45, 7) is 0.339. The summed E-state index contributed by atoms with van der Waals surface area (Å²) in [5.41, 5.74) is 0.478. The lowest BCUT2D eigenvalue weighted by atomic mass is 10.0. The Labute approximate surface area is 81.1 Å². The van der Waals surface area contributed by atoms with Crippen molar-refractivity contribution < 1.29 is 19.4 Å². The summed E-state index contributed by atoms with van der Waals surface area (Å²) in [6.07, 6.45) is 0.376. The summed E-state index contributed by atoms with van der Waals surface area (Å²) in [5.74, 6) is 0.588. The molecule has 1 N–H and O–H groups in total. The lowest BCUT2D eigenvalue weighted by Gasteiger charge is -2.19. The van der Waals surface area contributed by atoms with Crippen LogP contribution in [0, 0.1) is 0 Å². The van der Waals surface area contributed by atoms with Gasteiger partial charge in [0.05, 0.1) is 19.3 Å². The minimum atomic E-state index is -0.0130. The van der Waals surface area contributed by atoms with Crippen LogP contribution in [0.1, 0.15) is 16.8 Å². The van der Waals surface area contributed by atoms with Gasteiger partial charge in [0.25, 0.3) is 0 Å². The first-order valence-corrected chi connectivity index (χ1v) is 4.30. The van der Waals surface area contributed by atoms with Crippen LogP contribution >= 0.6 is 0 Å². The highest BCUT2D eigenvalue weighted by molar-refractivity contribution is 6.00. The SMILES string of the molecule is COc1c(O)ccc2c1OCCC2=O. The van der Waals surface area contributed by atoms with Crippen LogP contribution in [-0.2, 0) is 0 Å². The number of ketones is 1. The van der Waals surface area contributed by atoms with Crippen LogP contribution in [-0.4, -0.2) is 24.6 Å². The summed E-state index contributed by atoms with van der Waals surface area (Å²) in [5, 5.41) is 9.44. The van der Waals surface area contributed by atoms with Gasteiger partial charge < -0.3 is 14.6 Å². The highest BCUT2D eigenvalue weighted by Gasteiger charge is 2.23. The zero-order valence-electron chi connectivity index (χ0n) is 7.74. The number of ether oxygens (including phenoxy) is 2. The third kappa shape index (κ3) is 1.19. The molecule has 4 nitrogen and oxygen atoms in total. The summed E-state index contributed by atoms with van der Waals surface area (Å²) in [4.78, 5) is 11.4. The number of aromatic hydroxyl groups is 1. The number of hydrogen-bond donors (Lipinski definition) is 1. The van der Waals surface area contributed by atoms with Crippen molar-refractivity contribution in [3.63, 3.8) is 0 Å². The first-order valence-electron chi connectivity index (χ1n) is 4.30. The molecular formula is C10H10O4. The minimum absolute atomic E-state index is 0.0130. The molecule has 0 saturated heterocycles. The number of carbonyl (C=O) groups excluding carboxylic acids is 1. The van der Waals surface area contributed by atoms with E-state index in [2.05, 4.69) is 0 Å². The Hall–Kier alpha value is -1.71. The molecule has 0 aromatic heterocycles. The molecule has 74 valence electrons. The highest BCUT2D eigenvalue weighted by Crippen LogP contribution is 2.41. The van der Waals surface area contributed by atoms with Crippen molar-refractivity contribution in [2.75, 3.05) is 13.7 Å². The predicted molar refractivity (Wildman–Crippen MR) is 49.1 cm³/mol. The molecule has 4 heteroatoms. The average Bonchev–Trinajstić information content (AvgIpc) is 2.18. The Morgan fingerprint density at radius 2 is 2.29 bits per heavy atom. The van der Waals surface area contributed by atoms with E-state index < -0.39 is 0 Å². The third-order valence-electron chi connectivity index (χ3n) is 2.17. The number of benzene rings is 1. The molecule has 1 aliphatic heterocycles. The van der Waals surface area contributed by atoms with E-state index in [0.29, 0.717) is 24.3 Å². The number of hydrogen-bond acceptors (Lipinski definition) is 4. The van der Waals surface area contributed by atoms with Crippen molar-refractivity contribution in [1.82, 2.24) is 0 Å². The molecule has 0 atom stereocenters. The van der Waals surface area contributed by atoms with Crippen LogP contribution in [0.25, 0.3) is 0 Å². The van der Waals surface area contributed by atoms with E-state index in [1.165, 1.54) is 13.2 Å². The molecule has 0 fully saturated rings. The van der Waals surface area contributed by atoms with Gasteiger partial charge in [-0.05, 0) is 12.1 Å². The summed E-state index contributed by atoms with van der Waals surface area (Å²) in [7, 11) is 1.43. The second kappa shape index (κ2) is 3.21. The van der Waals surface area contributed by atoms with E-state index >= 15 is 0 Å². The molecule has 1 aliphatic rings. The molecule has 14 heavy (non-hydrogen) atoms. The van der Waals surface area contributed by atoms with Crippen LogP contribution < -0.4 is 9.47 Å². The van der Waals surface area contributed by atoms with Gasteiger partial charge >= 0.3 is 0 Å². The van der Waals surface area contributed by atoms with E-state index in [0.717, 1.165) is 0 Å². The van der Waals surface area contributed by atoms with Gasteiger partial charge in [-0.3, -0.25) is 4.79 Å². The number of rotatable bonds is 1. The number of fused-ring (bicyclic) bond motifs is 1. The smallest absolute Gasteiger partial charge is 0.203 e. The first-order chi connectivity index (χ1) is 6.74. The Kier molecular flexibility index (Phi) is 2.04. The van der Waals surface area contributed by atoms with Crippen molar-refractivity contribution >= 4 is 5.78 Å². The summed E-state index contributed by atoms with van der Waals surface area (Å²) >= 11 is 0. The molecule has 2 rings (SSSR count). The maximum atomic E-state index is 11.4. The average molecular weight is 194 g/mol. The van der Waals surface area contributed by atoms with Crippen molar-refractivity contribution in [2.45, 2.75) is 6.42 Å².